The largest absolute Gasteiger partial charge is 0.316 e. The summed E-state index contributed by atoms with van der Waals surface area (Å²) < 4.78 is 0. The van der Waals surface area contributed by atoms with Gasteiger partial charge in [-0.1, -0.05) is 0 Å². The highest BCUT2D eigenvalue weighted by Crippen LogP contribution is 2.23. The lowest BCUT2D eigenvalue weighted by Crippen LogP contribution is -2.30. The number of piperidine rings is 1. The Morgan fingerprint density at radius 1 is 1.59 bits per heavy atom. The number of hydrogen-bond donors (Lipinski definition) is 1. The van der Waals surface area contributed by atoms with Gasteiger partial charge in [-0.15, -0.1) is 11.8 Å². The van der Waals surface area contributed by atoms with Crippen molar-refractivity contribution in [2.24, 2.45) is 5.92 Å². The molecule has 0 amide bonds. The molecule has 2 heterocycles. The topological polar surface area (TPSA) is 68.1 Å². The highest BCUT2D eigenvalue weighted by Gasteiger charge is 2.13. The second-order valence-electron chi connectivity index (χ2n) is 4.14. The number of rotatable bonds is 4. The third kappa shape index (κ3) is 3.67. The van der Waals surface area contributed by atoms with Gasteiger partial charge in [0.25, 0.3) is 5.69 Å². The van der Waals surface area contributed by atoms with Crippen molar-refractivity contribution in [3.63, 3.8) is 0 Å². The van der Waals surface area contributed by atoms with Crippen molar-refractivity contribution in [2.45, 2.75) is 17.9 Å². The molecule has 92 valence electrons. The van der Waals surface area contributed by atoms with Gasteiger partial charge in [0.1, 0.15) is 6.20 Å². The van der Waals surface area contributed by atoms with Gasteiger partial charge in [0.15, 0.2) is 0 Å². The predicted octanol–water partition coefficient (Wildman–Crippen LogP) is 2.08. The van der Waals surface area contributed by atoms with Gasteiger partial charge in [-0.2, -0.15) is 0 Å². The van der Waals surface area contributed by atoms with Crippen molar-refractivity contribution in [3.8, 4) is 0 Å². The number of thioether (sulfide) groups is 1. The molecule has 1 aromatic heterocycles. The van der Waals surface area contributed by atoms with Gasteiger partial charge >= 0.3 is 0 Å². The van der Waals surface area contributed by atoms with Crippen LogP contribution in [0, 0.1) is 16.0 Å². The molecule has 5 nitrogen and oxygen atoms in total. The molecule has 0 unspecified atom stereocenters. The monoisotopic (exact) mass is 253 g/mol. The van der Waals surface area contributed by atoms with Crippen LogP contribution in [0.4, 0.5) is 5.69 Å². The summed E-state index contributed by atoms with van der Waals surface area (Å²) in [6, 6.07) is 3.23. The molecule has 0 aromatic carbocycles. The first-order chi connectivity index (χ1) is 8.25. The van der Waals surface area contributed by atoms with E-state index in [4.69, 9.17) is 0 Å². The molecular weight excluding hydrogens is 238 g/mol. The summed E-state index contributed by atoms with van der Waals surface area (Å²) >= 11 is 1.67. The Morgan fingerprint density at radius 3 is 3.06 bits per heavy atom. The van der Waals surface area contributed by atoms with Crippen LogP contribution in [0.25, 0.3) is 0 Å². The smallest absolute Gasteiger partial charge is 0.287 e. The van der Waals surface area contributed by atoms with Crippen molar-refractivity contribution in [1.82, 2.24) is 10.3 Å². The van der Waals surface area contributed by atoms with Crippen LogP contribution in [0.3, 0.4) is 0 Å². The Morgan fingerprint density at radius 2 is 2.47 bits per heavy atom. The van der Waals surface area contributed by atoms with Gasteiger partial charge in [-0.3, -0.25) is 10.1 Å². The number of aromatic nitrogens is 1. The Labute approximate surface area is 104 Å². The predicted molar refractivity (Wildman–Crippen MR) is 67.2 cm³/mol. The average molecular weight is 253 g/mol. The maximum Gasteiger partial charge on any atom is 0.287 e. The van der Waals surface area contributed by atoms with E-state index in [0.29, 0.717) is 5.92 Å². The number of nitro groups is 1. The van der Waals surface area contributed by atoms with Gasteiger partial charge < -0.3 is 5.32 Å². The summed E-state index contributed by atoms with van der Waals surface area (Å²) in [4.78, 5) is 14.1. The van der Waals surface area contributed by atoms with Crippen LogP contribution in [0.1, 0.15) is 12.8 Å². The van der Waals surface area contributed by atoms with E-state index < -0.39 is 4.92 Å². The molecule has 0 aliphatic carbocycles. The fourth-order valence-electron chi connectivity index (χ4n) is 1.84. The Hall–Kier alpha value is -1.14. The lowest BCUT2D eigenvalue weighted by molar-refractivity contribution is -0.385. The minimum absolute atomic E-state index is 0.0497. The highest BCUT2D eigenvalue weighted by atomic mass is 32.2. The minimum Gasteiger partial charge on any atom is -0.316 e. The Balaban J connectivity index is 1.84. The molecule has 1 aliphatic rings. The second-order valence-corrected chi connectivity index (χ2v) is 5.18. The third-order valence-electron chi connectivity index (χ3n) is 2.80. The van der Waals surface area contributed by atoms with Crippen LogP contribution in [-0.4, -0.2) is 28.7 Å². The van der Waals surface area contributed by atoms with E-state index in [1.54, 1.807) is 17.8 Å². The van der Waals surface area contributed by atoms with Gasteiger partial charge in [-0.25, -0.2) is 4.98 Å². The first kappa shape index (κ1) is 12.3. The van der Waals surface area contributed by atoms with E-state index in [1.807, 2.05) is 0 Å². The van der Waals surface area contributed by atoms with Crippen LogP contribution in [0.2, 0.25) is 0 Å². The molecule has 1 aliphatic heterocycles. The second kappa shape index (κ2) is 5.97. The Bertz CT molecular complexity index is 377. The zero-order valence-corrected chi connectivity index (χ0v) is 10.3. The van der Waals surface area contributed by atoms with E-state index in [-0.39, 0.29) is 5.69 Å². The maximum atomic E-state index is 10.5. The quantitative estimate of drug-likeness (QED) is 0.505. The van der Waals surface area contributed by atoms with Gasteiger partial charge in [-0.05, 0) is 37.9 Å². The van der Waals surface area contributed by atoms with E-state index >= 15 is 0 Å². The molecule has 0 radical (unpaired) electrons. The number of pyridine rings is 1. The van der Waals surface area contributed by atoms with E-state index in [2.05, 4.69) is 10.3 Å². The van der Waals surface area contributed by atoms with Gasteiger partial charge in [0.2, 0.25) is 0 Å². The standard InChI is InChI=1S/C11H15N3O2S/c15-14(16)10-3-4-11(13-7-10)17-8-9-2-1-5-12-6-9/h3-4,7,9,12H,1-2,5-6,8H2/t9-/m1/s1. The normalized spacial score (nSPS) is 20.1. The number of hydrogen-bond acceptors (Lipinski definition) is 5. The van der Waals surface area contributed by atoms with Crippen molar-refractivity contribution >= 4 is 17.4 Å². The molecule has 1 N–H and O–H groups in total. The molecule has 1 saturated heterocycles. The Kier molecular flexibility index (Phi) is 4.33. The fourth-order valence-corrected chi connectivity index (χ4v) is 2.82. The molecule has 1 aromatic rings. The number of nitrogens with zero attached hydrogens (tertiary/aromatic N) is 2. The molecule has 6 heteroatoms. The van der Waals surface area contributed by atoms with Crippen molar-refractivity contribution in [3.05, 3.63) is 28.4 Å². The minimum atomic E-state index is -0.424. The summed E-state index contributed by atoms with van der Waals surface area (Å²) in [6.07, 6.45) is 3.81. The molecule has 0 bridgehead atoms. The van der Waals surface area contributed by atoms with Crippen molar-refractivity contribution in [1.29, 1.82) is 0 Å². The SMILES string of the molecule is O=[N+]([O-])c1ccc(SC[C@@H]2CCCNC2)nc1. The molecule has 1 atom stereocenters. The van der Waals surface area contributed by atoms with Crippen molar-refractivity contribution < 1.29 is 4.92 Å². The molecule has 1 fully saturated rings. The van der Waals surface area contributed by atoms with E-state index in [0.717, 1.165) is 23.9 Å². The summed E-state index contributed by atoms with van der Waals surface area (Å²) in [5, 5.41) is 14.7. The summed E-state index contributed by atoms with van der Waals surface area (Å²) in [7, 11) is 0. The molecule has 0 saturated carbocycles. The first-order valence-corrected chi connectivity index (χ1v) is 6.68. The lowest BCUT2D eigenvalue weighted by Gasteiger charge is -2.21. The van der Waals surface area contributed by atoms with E-state index in [9.17, 15) is 10.1 Å². The lowest BCUT2D eigenvalue weighted by atomic mass is 10.0. The van der Waals surface area contributed by atoms with Gasteiger partial charge in [0.05, 0.1) is 9.95 Å². The summed E-state index contributed by atoms with van der Waals surface area (Å²) in [5.74, 6) is 1.71. The molecule has 17 heavy (non-hydrogen) atoms. The summed E-state index contributed by atoms with van der Waals surface area (Å²) in [5.41, 5.74) is 0.0497. The fraction of sp³-hybridized carbons (Fsp3) is 0.545. The van der Waals surface area contributed by atoms with Crippen LogP contribution >= 0.6 is 11.8 Å². The number of nitrogens with one attached hydrogen (secondary N) is 1. The van der Waals surface area contributed by atoms with Crippen LogP contribution in [0.15, 0.2) is 23.4 Å². The zero-order chi connectivity index (χ0) is 12.1. The average Bonchev–Trinajstić information content (AvgIpc) is 2.38. The van der Waals surface area contributed by atoms with Crippen LogP contribution < -0.4 is 5.32 Å². The zero-order valence-electron chi connectivity index (χ0n) is 9.46. The van der Waals surface area contributed by atoms with Crippen LogP contribution in [0.5, 0.6) is 0 Å². The van der Waals surface area contributed by atoms with Crippen molar-refractivity contribution in [2.75, 3.05) is 18.8 Å². The van der Waals surface area contributed by atoms with Crippen LogP contribution in [-0.2, 0) is 0 Å². The molecular formula is C11H15N3O2S. The molecule has 0 spiro atoms. The third-order valence-corrected chi connectivity index (χ3v) is 3.97. The highest BCUT2D eigenvalue weighted by molar-refractivity contribution is 7.99. The van der Waals surface area contributed by atoms with E-state index in [1.165, 1.54) is 25.1 Å². The first-order valence-electron chi connectivity index (χ1n) is 5.69. The summed E-state index contributed by atoms with van der Waals surface area (Å²) in [6.45, 7) is 2.19. The molecule has 2 rings (SSSR count). The maximum absolute atomic E-state index is 10.5. The van der Waals surface area contributed by atoms with Gasteiger partial charge in [0, 0.05) is 11.8 Å².